The molecule has 4 nitrogen and oxygen atoms in total. The second-order valence-electron chi connectivity index (χ2n) is 4.53. The number of hydrogen-bond donors (Lipinski definition) is 2. The van der Waals surface area contributed by atoms with Crippen LogP contribution in [0, 0.1) is 19.8 Å². The lowest BCUT2D eigenvalue weighted by Gasteiger charge is -2.08. The zero-order chi connectivity index (χ0) is 13.7. The average Bonchev–Trinajstić information content (AvgIpc) is 2.63. The zero-order valence-electron chi connectivity index (χ0n) is 11.3. The lowest BCUT2D eigenvalue weighted by atomic mass is 10.2. The molecule has 0 radical (unpaired) electrons. The van der Waals surface area contributed by atoms with Gasteiger partial charge in [-0.05, 0) is 19.9 Å². The highest BCUT2D eigenvalue weighted by Gasteiger charge is 2.11. The van der Waals surface area contributed by atoms with Gasteiger partial charge < -0.3 is 10.6 Å². The number of carbonyl (C=O) groups is 2. The highest BCUT2D eigenvalue weighted by Crippen LogP contribution is 2.20. The van der Waals surface area contributed by atoms with Crippen LogP contribution in [0.15, 0.2) is 6.07 Å². The molecule has 1 aromatic rings. The molecule has 0 unspecified atom stereocenters. The maximum absolute atomic E-state index is 11.8. The molecule has 0 bridgehead atoms. The van der Waals surface area contributed by atoms with Gasteiger partial charge in [0.15, 0.2) is 0 Å². The Morgan fingerprint density at radius 3 is 2.33 bits per heavy atom. The summed E-state index contributed by atoms with van der Waals surface area (Å²) in [5.41, 5.74) is 0.729. The fourth-order valence-corrected chi connectivity index (χ4v) is 2.44. The van der Waals surface area contributed by atoms with Crippen LogP contribution in [0.2, 0.25) is 0 Å². The number of rotatable bonds is 5. The van der Waals surface area contributed by atoms with E-state index in [-0.39, 0.29) is 17.7 Å². The lowest BCUT2D eigenvalue weighted by Crippen LogP contribution is -2.36. The third-order valence-corrected chi connectivity index (χ3v) is 3.49. The fraction of sp³-hybridized carbons (Fsp3) is 0.538. The summed E-state index contributed by atoms with van der Waals surface area (Å²) < 4.78 is 0. The van der Waals surface area contributed by atoms with Crippen molar-refractivity contribution in [3.63, 3.8) is 0 Å². The van der Waals surface area contributed by atoms with E-state index in [0.29, 0.717) is 13.1 Å². The molecule has 2 N–H and O–H groups in total. The molecule has 0 saturated carbocycles. The molecule has 100 valence electrons. The molecule has 0 aliphatic rings. The first-order valence-corrected chi connectivity index (χ1v) is 6.86. The van der Waals surface area contributed by atoms with Crippen LogP contribution >= 0.6 is 11.3 Å². The Morgan fingerprint density at radius 1 is 1.22 bits per heavy atom. The van der Waals surface area contributed by atoms with Crippen LogP contribution in [0.5, 0.6) is 0 Å². The molecule has 0 spiro atoms. The molecule has 5 heteroatoms. The van der Waals surface area contributed by atoms with E-state index in [4.69, 9.17) is 0 Å². The molecule has 2 amide bonds. The predicted molar refractivity (Wildman–Crippen MR) is 74.0 cm³/mol. The van der Waals surface area contributed by atoms with E-state index < -0.39 is 0 Å². The van der Waals surface area contributed by atoms with Crippen molar-refractivity contribution >= 4 is 23.2 Å². The molecule has 18 heavy (non-hydrogen) atoms. The summed E-state index contributed by atoms with van der Waals surface area (Å²) in [6.45, 7) is 8.51. The SMILES string of the molecule is Cc1cc(C(=O)NCCNC(=O)C(C)C)c(C)s1. The second-order valence-corrected chi connectivity index (χ2v) is 5.99. The van der Waals surface area contributed by atoms with Crippen molar-refractivity contribution in [1.82, 2.24) is 10.6 Å². The summed E-state index contributed by atoms with van der Waals surface area (Å²) in [5, 5.41) is 5.56. The van der Waals surface area contributed by atoms with Gasteiger partial charge in [0, 0.05) is 28.8 Å². The summed E-state index contributed by atoms with van der Waals surface area (Å²) in [6, 6.07) is 1.89. The van der Waals surface area contributed by atoms with Gasteiger partial charge in [-0.1, -0.05) is 13.8 Å². The van der Waals surface area contributed by atoms with Gasteiger partial charge >= 0.3 is 0 Å². The first-order chi connectivity index (χ1) is 8.41. The number of amides is 2. The first kappa shape index (κ1) is 14.7. The summed E-state index contributed by atoms with van der Waals surface area (Å²) in [5.74, 6) is -0.0927. The van der Waals surface area contributed by atoms with Crippen LogP contribution in [0.3, 0.4) is 0 Å². The molecule has 0 aliphatic heterocycles. The molecule has 0 atom stereocenters. The number of nitrogens with one attached hydrogen (secondary N) is 2. The van der Waals surface area contributed by atoms with Gasteiger partial charge in [-0.3, -0.25) is 9.59 Å². The van der Waals surface area contributed by atoms with E-state index in [0.717, 1.165) is 15.3 Å². The summed E-state index contributed by atoms with van der Waals surface area (Å²) in [7, 11) is 0. The molecule has 0 aromatic carbocycles. The monoisotopic (exact) mass is 268 g/mol. The number of carbonyl (C=O) groups excluding carboxylic acids is 2. The first-order valence-electron chi connectivity index (χ1n) is 6.04. The van der Waals surface area contributed by atoms with Crippen molar-refractivity contribution in [2.45, 2.75) is 27.7 Å². The van der Waals surface area contributed by atoms with E-state index in [1.54, 1.807) is 11.3 Å². The predicted octanol–water partition coefficient (Wildman–Crippen LogP) is 1.87. The van der Waals surface area contributed by atoms with Crippen molar-refractivity contribution in [1.29, 1.82) is 0 Å². The van der Waals surface area contributed by atoms with Gasteiger partial charge in [-0.25, -0.2) is 0 Å². The second kappa shape index (κ2) is 6.54. The van der Waals surface area contributed by atoms with Gasteiger partial charge in [-0.15, -0.1) is 11.3 Å². The van der Waals surface area contributed by atoms with Crippen LogP contribution in [-0.2, 0) is 4.79 Å². The topological polar surface area (TPSA) is 58.2 Å². The maximum Gasteiger partial charge on any atom is 0.252 e. The number of aryl methyl sites for hydroxylation is 2. The molecule has 0 aliphatic carbocycles. The van der Waals surface area contributed by atoms with Gasteiger partial charge in [0.25, 0.3) is 5.91 Å². The van der Waals surface area contributed by atoms with Crippen LogP contribution in [0.25, 0.3) is 0 Å². The Morgan fingerprint density at radius 2 is 1.83 bits per heavy atom. The molecule has 1 aromatic heterocycles. The Bertz CT molecular complexity index is 438. The Kier molecular flexibility index (Phi) is 5.34. The third kappa shape index (κ3) is 4.14. The van der Waals surface area contributed by atoms with Crippen molar-refractivity contribution < 1.29 is 9.59 Å². The minimum absolute atomic E-state index is 0.00630. The van der Waals surface area contributed by atoms with Gasteiger partial charge in [-0.2, -0.15) is 0 Å². The standard InChI is InChI=1S/C13H20N2O2S/c1-8(2)12(16)14-5-6-15-13(17)11-7-9(3)18-10(11)4/h7-8H,5-6H2,1-4H3,(H,14,16)(H,15,17). The zero-order valence-corrected chi connectivity index (χ0v) is 12.1. The van der Waals surface area contributed by atoms with Crippen molar-refractivity contribution in [3.05, 3.63) is 21.4 Å². The molecule has 1 heterocycles. The van der Waals surface area contributed by atoms with Gasteiger partial charge in [0.05, 0.1) is 5.56 Å². The molecular formula is C13H20N2O2S. The van der Waals surface area contributed by atoms with Gasteiger partial charge in [0.2, 0.25) is 5.91 Å². The average molecular weight is 268 g/mol. The lowest BCUT2D eigenvalue weighted by molar-refractivity contribution is -0.123. The number of thiophene rings is 1. The van der Waals surface area contributed by atoms with Crippen molar-refractivity contribution in [2.24, 2.45) is 5.92 Å². The minimum Gasteiger partial charge on any atom is -0.354 e. The fourth-order valence-electron chi connectivity index (χ4n) is 1.52. The van der Waals surface area contributed by atoms with Crippen LogP contribution in [0.1, 0.15) is 34.0 Å². The highest BCUT2D eigenvalue weighted by molar-refractivity contribution is 7.12. The Balaban J connectivity index is 2.34. The van der Waals surface area contributed by atoms with Crippen molar-refractivity contribution in [2.75, 3.05) is 13.1 Å². The normalized spacial score (nSPS) is 10.5. The summed E-state index contributed by atoms with van der Waals surface area (Å²) >= 11 is 1.61. The minimum atomic E-state index is -0.0735. The maximum atomic E-state index is 11.8. The van der Waals surface area contributed by atoms with E-state index in [1.165, 1.54) is 0 Å². The van der Waals surface area contributed by atoms with Crippen LogP contribution in [-0.4, -0.2) is 24.9 Å². The molecule has 0 saturated heterocycles. The quantitative estimate of drug-likeness (QED) is 0.801. The van der Waals surface area contributed by atoms with Gasteiger partial charge in [0.1, 0.15) is 0 Å². The Hall–Kier alpha value is -1.36. The van der Waals surface area contributed by atoms with Crippen LogP contribution < -0.4 is 10.6 Å². The van der Waals surface area contributed by atoms with E-state index >= 15 is 0 Å². The van der Waals surface area contributed by atoms with Crippen LogP contribution in [0.4, 0.5) is 0 Å². The Labute approximate surface area is 112 Å². The highest BCUT2D eigenvalue weighted by atomic mass is 32.1. The van der Waals surface area contributed by atoms with E-state index in [2.05, 4.69) is 10.6 Å². The third-order valence-electron chi connectivity index (χ3n) is 2.52. The van der Waals surface area contributed by atoms with E-state index in [1.807, 2.05) is 33.8 Å². The molecule has 1 rings (SSSR count). The molecule has 0 fully saturated rings. The molecular weight excluding hydrogens is 248 g/mol. The smallest absolute Gasteiger partial charge is 0.252 e. The summed E-state index contributed by atoms with van der Waals surface area (Å²) in [6.07, 6.45) is 0. The number of hydrogen-bond acceptors (Lipinski definition) is 3. The largest absolute Gasteiger partial charge is 0.354 e. The van der Waals surface area contributed by atoms with Crippen molar-refractivity contribution in [3.8, 4) is 0 Å². The summed E-state index contributed by atoms with van der Waals surface area (Å²) in [4.78, 5) is 25.3. The van der Waals surface area contributed by atoms with E-state index in [9.17, 15) is 9.59 Å².